The minimum atomic E-state index is -1.43. The molecule has 4 aromatic heterocycles. The molecule has 45 rings (SSSR count). The molecule has 1 fully saturated rings. The number of hydrogen-bond acceptors (Lipinski definition) is 13. The quantitative estimate of drug-likeness (QED) is 0.0424. The van der Waals surface area contributed by atoms with Gasteiger partial charge in [0.05, 0.1) is 76.8 Å². The smallest absolute Gasteiger partial charge is 0.356 e. The van der Waals surface area contributed by atoms with E-state index >= 15 is 28.8 Å². The summed E-state index contributed by atoms with van der Waals surface area (Å²) in [5, 5.41) is 73.8. The van der Waals surface area contributed by atoms with Gasteiger partial charge in [-0.05, 0) is 448 Å². The molecule has 4 aliphatic carbocycles. The highest BCUT2D eigenvalue weighted by Gasteiger charge is 2.83. The second-order valence-electron chi connectivity index (χ2n) is 43.9. The van der Waals surface area contributed by atoms with Crippen molar-refractivity contribution in [1.29, 1.82) is 0 Å². The third-order valence-electron chi connectivity index (χ3n) is 39.5. The van der Waals surface area contributed by atoms with Crippen LogP contribution in [-0.2, 0) is 39.4 Å². The SMILES string of the molecule is CCOC(=O)c1c2c(c(C(=O)OCC)n1-c1ccc(N3[C@H](C(=O)OCC)C45c6c7c8c9c%10c%11c(c%12c%13c4c4c6c6c%14c7c7c8c8c%10c%10c%15c%11c%11c%12c%12c%13c%13c4c4c6c6c%14c%14c7c7c8c%10c8c%10c%15c%11c%11c%12c%12c%13c4c4c6c6c%14c7c8c7c%10c%11c%12c4c67)C95[C@H]3C(=O)OCC)cc1)C(=O)N(c1ccc(-c3c4nc(c(-c5ccccc5)c5ccc([nH]5)c(-c5ccccc5)c5nc(c(-c6ccccc6)c6ccc3[nH]6)C=C5)C=C4)cc1)C2=O. The number of imide groups is 1. The number of aromatic nitrogens is 5. The fourth-order valence-corrected chi connectivity index (χ4v) is 36.6. The molecule has 8 heterocycles. The molecule has 33 aromatic carbocycles. The summed E-state index contributed by atoms with van der Waals surface area (Å²) in [6, 6.07) is 50.9. The van der Waals surface area contributed by atoms with Gasteiger partial charge in [0.25, 0.3) is 11.8 Å². The molecule has 2 atom stereocenters. The van der Waals surface area contributed by atoms with Crippen LogP contribution in [0.2, 0.25) is 0 Å². The molecule has 17 nitrogen and oxygen atoms in total. The molecule has 0 radical (unpaired) electrons. The van der Waals surface area contributed by atoms with Crippen molar-refractivity contribution in [2.24, 2.45) is 0 Å². The van der Waals surface area contributed by atoms with Crippen LogP contribution in [0.4, 0.5) is 11.4 Å². The number of carbonyl (C=O) groups is 6. The van der Waals surface area contributed by atoms with Gasteiger partial charge in [0.15, 0.2) is 0 Å². The Hall–Kier alpha value is -18.7. The fourth-order valence-electron chi connectivity index (χ4n) is 36.6. The van der Waals surface area contributed by atoms with Gasteiger partial charge >= 0.3 is 23.9 Å². The number of H-pyrrole nitrogens is 2. The molecule has 8 aliphatic rings. The van der Waals surface area contributed by atoms with Crippen molar-refractivity contribution in [3.63, 3.8) is 0 Å². The Labute approximate surface area is 819 Å². The fraction of sp³-hybridized carbons (Fsp3) is 0.0923. The molecule has 4 aliphatic heterocycles. The number of carbonyl (C=O) groups excluding carboxylic acids is 6. The normalized spacial score (nSPS) is 18.4. The number of nitrogens with one attached hydrogen (secondary N) is 2. The minimum absolute atomic E-state index is 0.0348. The summed E-state index contributed by atoms with van der Waals surface area (Å²) in [4.78, 5) is 122. The van der Waals surface area contributed by atoms with E-state index in [9.17, 15) is 0 Å². The second kappa shape index (κ2) is 20.8. The van der Waals surface area contributed by atoms with E-state index in [1.807, 2.05) is 111 Å². The summed E-state index contributed by atoms with van der Waals surface area (Å²) in [7, 11) is 0. The van der Waals surface area contributed by atoms with Crippen molar-refractivity contribution >= 4 is 384 Å². The highest BCUT2D eigenvalue weighted by Crippen LogP contribution is 2.87. The summed E-state index contributed by atoms with van der Waals surface area (Å²) in [5.41, 5.74) is 14.1. The lowest BCUT2D eigenvalue weighted by atomic mass is 9.46. The number of nitrogens with zero attached hydrogens (tertiary/aromatic N) is 5. The van der Waals surface area contributed by atoms with Gasteiger partial charge in [-0.15, -0.1) is 0 Å². The van der Waals surface area contributed by atoms with Crippen molar-refractivity contribution in [3.8, 4) is 50.2 Å². The highest BCUT2D eigenvalue weighted by atomic mass is 16.5. The average molecular weight is 1870 g/mol. The maximum atomic E-state index is 18.0. The number of ether oxygens (including phenoxy) is 4. The first kappa shape index (κ1) is 70.8. The number of amides is 2. The molecule has 2 spiro atoms. The van der Waals surface area contributed by atoms with E-state index in [0.717, 1.165) is 88.5 Å². The van der Waals surface area contributed by atoms with Crippen LogP contribution in [0.15, 0.2) is 164 Å². The molecule has 37 aromatic rings. The first-order chi connectivity index (χ1) is 72.5. The number of rotatable bonds is 15. The molecule has 147 heavy (non-hydrogen) atoms. The van der Waals surface area contributed by atoms with Crippen LogP contribution in [0.25, 0.3) is 387 Å². The van der Waals surface area contributed by atoms with Gasteiger partial charge < -0.3 is 33.8 Å². The largest absolute Gasteiger partial charge is 0.464 e. The van der Waals surface area contributed by atoms with Gasteiger partial charge in [-0.25, -0.2) is 34.0 Å². The Bertz CT molecular complexity index is 12100. The Morgan fingerprint density at radius 2 is 0.476 bits per heavy atom. The van der Waals surface area contributed by atoms with E-state index in [1.165, 1.54) is 295 Å². The topological polar surface area (TPSA) is 208 Å². The molecular formula is C130H55N7O10. The Balaban J connectivity index is 0.523. The first-order valence-electron chi connectivity index (χ1n) is 51.4. The van der Waals surface area contributed by atoms with Gasteiger partial charge in [0.1, 0.15) is 23.5 Å². The predicted octanol–water partition coefficient (Wildman–Crippen LogP) is 29.3. The third-order valence-corrected chi connectivity index (χ3v) is 39.5. The number of aromatic amines is 2. The van der Waals surface area contributed by atoms with E-state index in [0.29, 0.717) is 33.7 Å². The number of benzene rings is 23. The lowest BCUT2D eigenvalue weighted by molar-refractivity contribution is -0.145. The summed E-state index contributed by atoms with van der Waals surface area (Å²) in [5.74, 6) is -4.61. The van der Waals surface area contributed by atoms with Crippen molar-refractivity contribution in [2.45, 2.75) is 50.6 Å². The van der Waals surface area contributed by atoms with Crippen LogP contribution in [0, 0.1) is 0 Å². The number of esters is 4. The molecule has 1 saturated heterocycles. The molecule has 2 N–H and O–H groups in total. The summed E-state index contributed by atoms with van der Waals surface area (Å²) in [6.07, 6.45) is 8.20. The lowest BCUT2D eigenvalue weighted by Crippen LogP contribution is -2.59. The monoisotopic (exact) mass is 1870 g/mol. The first-order valence-corrected chi connectivity index (χ1v) is 51.4. The molecule has 670 valence electrons. The lowest BCUT2D eigenvalue weighted by Gasteiger charge is -2.51. The zero-order chi connectivity index (χ0) is 94.5. The summed E-state index contributed by atoms with van der Waals surface area (Å²) >= 11 is 0. The Morgan fingerprint density at radius 1 is 0.259 bits per heavy atom. The van der Waals surface area contributed by atoms with Gasteiger partial charge in [-0.1, -0.05) is 103 Å². The van der Waals surface area contributed by atoms with Crippen molar-refractivity contribution in [2.75, 3.05) is 36.2 Å². The summed E-state index contributed by atoms with van der Waals surface area (Å²) in [6.45, 7) is 6.91. The van der Waals surface area contributed by atoms with E-state index in [-0.39, 0.29) is 60.3 Å². The van der Waals surface area contributed by atoms with E-state index in [4.69, 9.17) is 28.9 Å². The van der Waals surface area contributed by atoms with E-state index < -0.39 is 58.6 Å². The number of anilines is 2. The van der Waals surface area contributed by atoms with Crippen LogP contribution in [-0.4, -0.2) is 98.7 Å². The average Bonchev–Trinajstić information content (AvgIpc) is 1.37. The van der Waals surface area contributed by atoms with Crippen LogP contribution < -0.4 is 9.80 Å². The molecule has 8 bridgehead atoms. The van der Waals surface area contributed by atoms with Crippen LogP contribution in [0.1, 0.15) is 114 Å². The standard InChI is InChI=1S/C130H55N7O10/c1-5-144-125(140)119-113-114(124(139)137(123(113)138)46-26-24-43(25-27-46)58-53-38-36-51(133-53)56(41-20-14-10-15-21-41)49-34-32-47(131-49)55(40-18-12-9-13-19-40)48-33-35-50(132-48)57(42-22-16-11-17-23-42)52-37-39-54(58)134-52)120(126(141)145-6-2)135(119)44-28-30-45(31-29-44)136-121(127(142)146-7-3)129-115-105-97-87-77-69-61-59-60-63-67-65(61)73-81-75(67)85-79-71(63)72-64(60)68-66-62(59)70(69)78-84-74(66)82-76(68)86-80(72)90-89(79)99-93(85)103-95(81)101(91(97)83(73)77)109(115)111(103)117-107(99)108-100(90)94(86)104-96(82)102-92(84)98(88(78)87)106(105)116(129)110(102)112(104)118(108)130(117,129)122(136)128(143)147-8-4/h9-39,121-122,131,134H,5-8H2,1-4H3/t121-,122-,129?,130?/m1/s1. The van der Waals surface area contributed by atoms with Gasteiger partial charge in [0, 0.05) is 55.7 Å². The van der Waals surface area contributed by atoms with Crippen LogP contribution in [0.5, 0.6) is 0 Å². The van der Waals surface area contributed by atoms with Crippen molar-refractivity contribution in [1.82, 2.24) is 24.5 Å². The molecular weight excluding hydrogens is 1820 g/mol. The van der Waals surface area contributed by atoms with Crippen molar-refractivity contribution < 1.29 is 47.7 Å². The Kier molecular flexibility index (Phi) is 10.0. The molecule has 0 unspecified atom stereocenters. The van der Waals surface area contributed by atoms with Crippen LogP contribution in [0.3, 0.4) is 0 Å². The minimum Gasteiger partial charge on any atom is -0.464 e. The van der Waals surface area contributed by atoms with Gasteiger partial charge in [0.2, 0.25) is 0 Å². The van der Waals surface area contributed by atoms with E-state index in [1.54, 1.807) is 38.1 Å². The van der Waals surface area contributed by atoms with Crippen LogP contribution >= 0.6 is 0 Å². The maximum absolute atomic E-state index is 18.0. The zero-order valence-corrected chi connectivity index (χ0v) is 77.7. The number of hydrogen-bond donors (Lipinski definition) is 2. The predicted molar refractivity (Wildman–Crippen MR) is 587 cm³/mol. The zero-order valence-electron chi connectivity index (χ0n) is 77.7. The van der Waals surface area contributed by atoms with Gasteiger partial charge in [-0.3, -0.25) is 14.2 Å². The van der Waals surface area contributed by atoms with Gasteiger partial charge in [-0.2, -0.15) is 0 Å². The second-order valence-corrected chi connectivity index (χ2v) is 43.9. The van der Waals surface area contributed by atoms with Crippen molar-refractivity contribution in [3.05, 3.63) is 231 Å². The highest BCUT2D eigenvalue weighted by molar-refractivity contribution is 6.83. The maximum Gasteiger partial charge on any atom is 0.356 e. The third kappa shape index (κ3) is 5.97. The Morgan fingerprint density at radius 3 is 0.714 bits per heavy atom. The molecule has 0 saturated carbocycles. The molecule has 17 heteroatoms. The summed E-state index contributed by atoms with van der Waals surface area (Å²) < 4.78 is 27.5. The number of fused-ring (bicyclic) bond motifs is 9. The van der Waals surface area contributed by atoms with E-state index in [2.05, 4.69) is 81.6 Å². The molecule has 2 amide bonds.